The van der Waals surface area contributed by atoms with Gasteiger partial charge < -0.3 is 14.6 Å². The maximum Gasteiger partial charge on any atom is 0.356 e. The van der Waals surface area contributed by atoms with Crippen LogP contribution in [0.4, 0.5) is 11.5 Å². The molecule has 1 N–H and O–H groups in total. The van der Waals surface area contributed by atoms with E-state index < -0.39 is 16.4 Å². The molecule has 3 aromatic heterocycles. The van der Waals surface area contributed by atoms with Gasteiger partial charge in [0.25, 0.3) is 0 Å². The van der Waals surface area contributed by atoms with E-state index in [1.54, 1.807) is 20.0 Å². The van der Waals surface area contributed by atoms with Crippen molar-refractivity contribution in [2.24, 2.45) is 0 Å². The average Bonchev–Trinajstić information content (AvgIpc) is 3.95. The quantitative estimate of drug-likeness (QED) is 0.0306. The number of carbonyl (C=O) groups excluding carboxylic acids is 1. The average molecular weight is 856 g/mol. The van der Waals surface area contributed by atoms with Crippen molar-refractivity contribution < 1.29 is 14.5 Å². The third kappa shape index (κ3) is 8.45. The van der Waals surface area contributed by atoms with Crippen molar-refractivity contribution in [1.82, 2.24) is 34.7 Å². The number of rotatable bonds is 17. The largest absolute Gasteiger partial charge is 0.461 e. The topological polar surface area (TPSA) is 156 Å². The van der Waals surface area contributed by atoms with E-state index in [2.05, 4.69) is 95.2 Å². The van der Waals surface area contributed by atoms with Crippen LogP contribution >= 0.6 is 11.8 Å². The minimum absolute atomic E-state index is 0.116. The van der Waals surface area contributed by atoms with Crippen LogP contribution in [-0.2, 0) is 29.0 Å². The Morgan fingerprint density at radius 2 is 1.38 bits per heavy atom. The fourth-order valence-electron chi connectivity index (χ4n) is 8.04. The first-order valence-corrected chi connectivity index (χ1v) is 21.7. The Morgan fingerprint density at radius 1 is 0.778 bits per heavy atom. The van der Waals surface area contributed by atoms with E-state index in [0.29, 0.717) is 41.0 Å². The van der Waals surface area contributed by atoms with Crippen LogP contribution in [0.2, 0.25) is 0 Å². The van der Waals surface area contributed by atoms with Gasteiger partial charge in [-0.2, -0.15) is 0 Å². The highest BCUT2D eigenvalue weighted by atomic mass is 32.2. The van der Waals surface area contributed by atoms with Gasteiger partial charge in [-0.1, -0.05) is 158 Å². The van der Waals surface area contributed by atoms with Gasteiger partial charge in [-0.3, -0.25) is 10.1 Å². The molecule has 0 atom stereocenters. The van der Waals surface area contributed by atoms with Gasteiger partial charge >= 0.3 is 11.7 Å². The van der Waals surface area contributed by atoms with Crippen molar-refractivity contribution >= 4 is 29.2 Å². The molecule has 0 aliphatic carbocycles. The number of imidazole rings is 1. The summed E-state index contributed by atoms with van der Waals surface area (Å²) in [6.07, 6.45) is 1.46. The Kier molecular flexibility index (Phi) is 12.8. The summed E-state index contributed by atoms with van der Waals surface area (Å²) >= 11 is 1.34. The van der Waals surface area contributed by atoms with Gasteiger partial charge in [0.15, 0.2) is 11.5 Å². The highest BCUT2D eigenvalue weighted by Crippen LogP contribution is 2.43. The molecule has 0 saturated carbocycles. The molecule has 8 rings (SSSR count). The summed E-state index contributed by atoms with van der Waals surface area (Å²) in [5.74, 6) is 1.38. The minimum atomic E-state index is -0.914. The molecular weight excluding hydrogens is 811 g/mol. The molecule has 0 fully saturated rings. The summed E-state index contributed by atoms with van der Waals surface area (Å²) in [5, 5.41) is 28.7. The van der Waals surface area contributed by atoms with Crippen LogP contribution in [0.3, 0.4) is 0 Å². The van der Waals surface area contributed by atoms with E-state index in [9.17, 15) is 14.9 Å². The highest BCUT2D eigenvalue weighted by molar-refractivity contribution is 7.98. The second-order valence-corrected chi connectivity index (χ2v) is 15.7. The number of pyridine rings is 1. The predicted octanol–water partition coefficient (Wildman–Crippen LogP) is 9.86. The van der Waals surface area contributed by atoms with Gasteiger partial charge in [-0.25, -0.2) is 19.4 Å². The Balaban J connectivity index is 1.16. The number of esters is 1. The number of tetrazole rings is 1. The fourth-order valence-corrected chi connectivity index (χ4v) is 8.85. The maximum absolute atomic E-state index is 13.7. The SMILES string of the molecule is CCCc1nc(CSc2ccc([N+](=O)[O-])c(NC)n2)c(C(=O)OCC)n1Cc1ccc(-c2ccccc2-c2nnnn2C(c2ccccc2)(c2ccccc2)c2ccccc2)cc1. The number of carbonyl (C=O) groups is 1. The van der Waals surface area contributed by atoms with Crippen LogP contribution in [0.25, 0.3) is 22.5 Å². The molecule has 0 aliphatic heterocycles. The number of nitro groups is 1. The van der Waals surface area contributed by atoms with E-state index in [1.165, 1.54) is 17.8 Å². The van der Waals surface area contributed by atoms with Crippen molar-refractivity contribution in [2.75, 3.05) is 19.0 Å². The van der Waals surface area contributed by atoms with Crippen LogP contribution in [0.5, 0.6) is 0 Å². The predicted molar refractivity (Wildman–Crippen MR) is 245 cm³/mol. The normalized spacial score (nSPS) is 11.3. The van der Waals surface area contributed by atoms with E-state index in [-0.39, 0.29) is 18.1 Å². The fraction of sp³-hybridized carbons (Fsp3) is 0.184. The van der Waals surface area contributed by atoms with Crippen LogP contribution in [0, 0.1) is 10.1 Å². The number of aryl methyl sites for hydroxylation is 1. The number of nitrogens with zero attached hydrogens (tertiary/aromatic N) is 8. The molecule has 0 bridgehead atoms. The molecule has 0 spiro atoms. The molecule has 13 nitrogen and oxygen atoms in total. The number of nitrogens with one attached hydrogen (secondary N) is 1. The zero-order chi connectivity index (χ0) is 43.8. The zero-order valence-electron chi connectivity index (χ0n) is 35.1. The lowest BCUT2D eigenvalue weighted by molar-refractivity contribution is -0.384. The molecular formula is C49H45N9O4S. The Morgan fingerprint density at radius 3 is 1.95 bits per heavy atom. The van der Waals surface area contributed by atoms with E-state index in [0.717, 1.165) is 51.2 Å². The van der Waals surface area contributed by atoms with Crippen molar-refractivity contribution in [2.45, 2.75) is 49.6 Å². The molecule has 0 unspecified atom stereocenters. The van der Waals surface area contributed by atoms with Crippen molar-refractivity contribution in [3.8, 4) is 22.5 Å². The monoisotopic (exact) mass is 855 g/mol. The number of benzene rings is 5. The maximum atomic E-state index is 13.7. The Hall–Kier alpha value is -7.45. The van der Waals surface area contributed by atoms with Crippen LogP contribution in [0.1, 0.15) is 64.5 Å². The van der Waals surface area contributed by atoms with Crippen LogP contribution in [0.15, 0.2) is 157 Å². The third-order valence-corrected chi connectivity index (χ3v) is 11.8. The lowest BCUT2D eigenvalue weighted by Gasteiger charge is -2.36. The standard InChI is InChI=1S/C49H45N9O4S/c1-4-17-43-51-41(33-63-44-31-30-42(58(60)61)46(50-3)52-44)45(48(59)62-5-2)56(43)32-34-26-28-35(29-27-34)39-24-15-16-25-40(39)47-53-54-55-57(47)49(36-18-9-6-10-19-36,37-20-11-7-12-21-37)38-22-13-8-14-23-38/h6-16,18-31H,4-5,17,32-33H2,1-3H3,(H,50,52). The Labute approximate surface area is 369 Å². The lowest BCUT2D eigenvalue weighted by Crippen LogP contribution is -2.39. The smallest absolute Gasteiger partial charge is 0.356 e. The number of hydrogen-bond donors (Lipinski definition) is 1. The van der Waals surface area contributed by atoms with Crippen molar-refractivity contribution in [3.05, 3.63) is 201 Å². The van der Waals surface area contributed by atoms with Gasteiger partial charge in [0.05, 0.1) is 22.3 Å². The summed E-state index contributed by atoms with van der Waals surface area (Å²) in [5.41, 5.74) is 6.68. The highest BCUT2D eigenvalue weighted by Gasteiger charge is 2.42. The summed E-state index contributed by atoms with van der Waals surface area (Å²) in [4.78, 5) is 34.1. The van der Waals surface area contributed by atoms with Crippen molar-refractivity contribution in [1.29, 1.82) is 0 Å². The molecule has 0 saturated heterocycles. The first kappa shape index (κ1) is 42.2. The van der Waals surface area contributed by atoms with E-state index in [1.807, 2.05) is 76.0 Å². The van der Waals surface area contributed by atoms with Crippen LogP contribution in [-0.4, -0.2) is 59.3 Å². The molecule has 0 aliphatic rings. The second-order valence-electron chi connectivity index (χ2n) is 14.7. The van der Waals surface area contributed by atoms with Crippen LogP contribution < -0.4 is 5.32 Å². The number of anilines is 1. The van der Waals surface area contributed by atoms with Gasteiger partial charge in [0.1, 0.15) is 11.4 Å². The molecule has 3 heterocycles. The van der Waals surface area contributed by atoms with Gasteiger partial charge in [-0.15, -0.1) is 5.10 Å². The second kappa shape index (κ2) is 19.1. The third-order valence-electron chi connectivity index (χ3n) is 10.8. The lowest BCUT2D eigenvalue weighted by atomic mass is 9.77. The number of thioether (sulfide) groups is 1. The number of aromatic nitrogens is 7. The van der Waals surface area contributed by atoms with Gasteiger partial charge in [0, 0.05) is 37.4 Å². The summed E-state index contributed by atoms with van der Waals surface area (Å²) in [7, 11) is 1.59. The van der Waals surface area contributed by atoms with Gasteiger partial charge in [-0.05, 0) is 63.2 Å². The molecule has 0 radical (unpaired) electrons. The molecule has 8 aromatic rings. The minimum Gasteiger partial charge on any atom is -0.461 e. The summed E-state index contributed by atoms with van der Waals surface area (Å²) < 4.78 is 9.48. The summed E-state index contributed by atoms with van der Waals surface area (Å²) in [6, 6.07) is 50.5. The van der Waals surface area contributed by atoms with Gasteiger partial charge in [0.2, 0.25) is 5.82 Å². The molecule has 14 heteroatoms. The van der Waals surface area contributed by atoms with E-state index >= 15 is 0 Å². The molecule has 63 heavy (non-hydrogen) atoms. The molecule has 5 aromatic carbocycles. The summed E-state index contributed by atoms with van der Waals surface area (Å²) in [6.45, 7) is 4.44. The number of hydrogen-bond acceptors (Lipinski definition) is 11. The van der Waals surface area contributed by atoms with E-state index in [4.69, 9.17) is 20.0 Å². The molecule has 0 amide bonds. The molecule has 316 valence electrons. The first-order chi connectivity index (χ1) is 30.9. The number of ether oxygens (including phenoxy) is 1. The first-order valence-electron chi connectivity index (χ1n) is 20.7. The van der Waals surface area contributed by atoms with Crippen molar-refractivity contribution in [3.63, 3.8) is 0 Å². The Bertz CT molecular complexity index is 2740. The zero-order valence-corrected chi connectivity index (χ0v) is 35.9.